The molecule has 7 heteroatoms. The molecule has 160 valence electrons. The van der Waals surface area contributed by atoms with Crippen molar-refractivity contribution in [1.29, 1.82) is 0 Å². The van der Waals surface area contributed by atoms with Gasteiger partial charge in [-0.2, -0.15) is 0 Å². The van der Waals surface area contributed by atoms with E-state index in [-0.39, 0.29) is 12.3 Å². The zero-order valence-corrected chi connectivity index (χ0v) is 17.7. The van der Waals surface area contributed by atoms with E-state index in [1.165, 1.54) is 0 Å². The summed E-state index contributed by atoms with van der Waals surface area (Å²) in [6.45, 7) is 0. The molecule has 0 saturated carbocycles. The number of nitrogens with zero attached hydrogens (tertiary/aromatic N) is 5. The molecular weight excluding hydrogens is 412 g/mol. The van der Waals surface area contributed by atoms with Crippen LogP contribution in [0.5, 0.6) is 0 Å². The quantitative estimate of drug-likeness (QED) is 0.425. The Morgan fingerprint density at radius 1 is 0.788 bits per heavy atom. The Balaban J connectivity index is 1.38. The first kappa shape index (κ1) is 20.3. The highest BCUT2D eigenvalue weighted by Gasteiger charge is 2.19. The first-order valence-electron chi connectivity index (χ1n) is 10.5. The third-order valence-corrected chi connectivity index (χ3v) is 5.16. The van der Waals surface area contributed by atoms with Crippen molar-refractivity contribution >= 4 is 11.7 Å². The van der Waals surface area contributed by atoms with Gasteiger partial charge in [0.1, 0.15) is 11.5 Å². The van der Waals surface area contributed by atoms with E-state index >= 15 is 0 Å². The van der Waals surface area contributed by atoms with Gasteiger partial charge in [-0.25, -0.2) is 9.67 Å². The lowest BCUT2D eigenvalue weighted by molar-refractivity contribution is -0.115. The molecular formula is C26H20N6O. The number of benzene rings is 2. The van der Waals surface area contributed by atoms with Crippen LogP contribution in [0.15, 0.2) is 104 Å². The molecule has 1 amide bonds. The lowest BCUT2D eigenvalue weighted by Crippen LogP contribution is -2.16. The first-order chi connectivity index (χ1) is 16.3. The number of rotatable bonds is 6. The Hall–Kier alpha value is -4.65. The second-order valence-electron chi connectivity index (χ2n) is 7.39. The molecule has 0 atom stereocenters. The van der Waals surface area contributed by atoms with Crippen LogP contribution in [0.2, 0.25) is 0 Å². The van der Waals surface area contributed by atoms with Crippen LogP contribution >= 0.6 is 0 Å². The maximum absolute atomic E-state index is 12.8. The number of carbonyl (C=O) groups is 1. The number of nitrogens with one attached hydrogen (secondary N) is 1. The van der Waals surface area contributed by atoms with Gasteiger partial charge in [-0.1, -0.05) is 65.9 Å². The molecule has 0 saturated heterocycles. The second-order valence-corrected chi connectivity index (χ2v) is 7.39. The Labute approximate surface area is 190 Å². The van der Waals surface area contributed by atoms with Crippen molar-refractivity contribution in [2.45, 2.75) is 6.42 Å². The summed E-state index contributed by atoms with van der Waals surface area (Å²) in [7, 11) is 0. The minimum absolute atomic E-state index is 0.0669. The Morgan fingerprint density at radius 3 is 2.15 bits per heavy atom. The number of anilines is 1. The summed E-state index contributed by atoms with van der Waals surface area (Å²) in [5.74, 6) is 0.274. The SMILES string of the molecule is O=C(Cc1nnn(-c2ccncc2)c1-c1ccccc1)Nc1ccc(-c2ccccc2)cn1. The number of aromatic nitrogens is 5. The fraction of sp³-hybridized carbons (Fsp3) is 0.0385. The smallest absolute Gasteiger partial charge is 0.231 e. The van der Waals surface area contributed by atoms with Gasteiger partial charge < -0.3 is 5.32 Å². The molecule has 2 aromatic carbocycles. The standard InChI is InChI=1S/C26H20N6O/c33-25(29-24-12-11-21(18-28-24)19-7-3-1-4-8-19)17-23-26(20-9-5-2-6-10-20)32(31-30-23)22-13-15-27-16-14-22/h1-16,18H,17H2,(H,28,29,33). The van der Waals surface area contributed by atoms with Gasteiger partial charge in [0, 0.05) is 29.7 Å². The summed E-state index contributed by atoms with van der Waals surface area (Å²) >= 11 is 0. The zero-order chi connectivity index (χ0) is 22.5. The summed E-state index contributed by atoms with van der Waals surface area (Å²) in [6.07, 6.45) is 5.21. The maximum Gasteiger partial charge on any atom is 0.231 e. The number of carbonyl (C=O) groups excluding carboxylic acids is 1. The number of pyridine rings is 2. The molecule has 0 aliphatic rings. The molecule has 1 N–H and O–H groups in total. The molecule has 5 aromatic rings. The summed E-state index contributed by atoms with van der Waals surface area (Å²) in [6, 6.07) is 27.2. The summed E-state index contributed by atoms with van der Waals surface area (Å²) < 4.78 is 1.73. The van der Waals surface area contributed by atoms with Crippen molar-refractivity contribution in [2.24, 2.45) is 0 Å². The molecule has 0 radical (unpaired) electrons. The lowest BCUT2D eigenvalue weighted by Gasteiger charge is -2.09. The molecule has 33 heavy (non-hydrogen) atoms. The number of hydrogen-bond acceptors (Lipinski definition) is 5. The van der Waals surface area contributed by atoms with Gasteiger partial charge >= 0.3 is 0 Å². The fourth-order valence-electron chi connectivity index (χ4n) is 3.59. The van der Waals surface area contributed by atoms with E-state index in [0.29, 0.717) is 11.5 Å². The van der Waals surface area contributed by atoms with Crippen molar-refractivity contribution in [2.75, 3.05) is 5.32 Å². The van der Waals surface area contributed by atoms with E-state index in [1.54, 1.807) is 29.3 Å². The minimum Gasteiger partial charge on any atom is -0.310 e. The second kappa shape index (κ2) is 9.23. The molecule has 0 aliphatic carbocycles. The van der Waals surface area contributed by atoms with E-state index in [1.807, 2.05) is 78.9 Å². The number of hydrogen-bond donors (Lipinski definition) is 1. The number of amides is 1. The topological polar surface area (TPSA) is 85.6 Å². The van der Waals surface area contributed by atoms with E-state index in [2.05, 4.69) is 25.6 Å². The van der Waals surface area contributed by atoms with Crippen molar-refractivity contribution in [1.82, 2.24) is 25.0 Å². The normalized spacial score (nSPS) is 10.7. The van der Waals surface area contributed by atoms with E-state index in [4.69, 9.17) is 0 Å². The zero-order valence-electron chi connectivity index (χ0n) is 17.7. The third kappa shape index (κ3) is 4.52. The Morgan fingerprint density at radius 2 is 1.48 bits per heavy atom. The summed E-state index contributed by atoms with van der Waals surface area (Å²) in [5.41, 5.74) is 5.15. The van der Waals surface area contributed by atoms with Crippen LogP contribution in [0.25, 0.3) is 28.1 Å². The van der Waals surface area contributed by atoms with Crippen LogP contribution < -0.4 is 5.32 Å². The largest absolute Gasteiger partial charge is 0.310 e. The third-order valence-electron chi connectivity index (χ3n) is 5.16. The van der Waals surface area contributed by atoms with Gasteiger partial charge in [-0.15, -0.1) is 5.10 Å². The van der Waals surface area contributed by atoms with Crippen LogP contribution in [0.4, 0.5) is 5.82 Å². The predicted molar refractivity (Wildman–Crippen MR) is 127 cm³/mol. The van der Waals surface area contributed by atoms with Gasteiger partial charge in [0.25, 0.3) is 0 Å². The molecule has 0 bridgehead atoms. The summed E-state index contributed by atoms with van der Waals surface area (Å²) in [4.78, 5) is 21.3. The predicted octanol–water partition coefficient (Wildman–Crippen LogP) is 4.57. The average molecular weight is 432 g/mol. The van der Waals surface area contributed by atoms with Crippen LogP contribution in [-0.2, 0) is 11.2 Å². The Kier molecular flexibility index (Phi) is 5.67. The van der Waals surface area contributed by atoms with Crippen LogP contribution in [0, 0.1) is 0 Å². The van der Waals surface area contributed by atoms with Gasteiger partial charge in [-0.05, 0) is 29.8 Å². The average Bonchev–Trinajstić information content (AvgIpc) is 3.29. The van der Waals surface area contributed by atoms with Crippen LogP contribution in [0.3, 0.4) is 0 Å². The first-order valence-corrected chi connectivity index (χ1v) is 10.5. The van der Waals surface area contributed by atoms with Crippen molar-refractivity contribution in [3.05, 3.63) is 109 Å². The highest BCUT2D eigenvalue weighted by atomic mass is 16.1. The lowest BCUT2D eigenvalue weighted by atomic mass is 10.1. The van der Waals surface area contributed by atoms with Gasteiger partial charge in [0.05, 0.1) is 17.8 Å². The monoisotopic (exact) mass is 432 g/mol. The highest BCUT2D eigenvalue weighted by Crippen LogP contribution is 2.25. The molecule has 3 heterocycles. The van der Waals surface area contributed by atoms with E-state index in [9.17, 15) is 4.79 Å². The van der Waals surface area contributed by atoms with Gasteiger partial charge in [0.2, 0.25) is 5.91 Å². The van der Waals surface area contributed by atoms with Crippen molar-refractivity contribution < 1.29 is 4.79 Å². The highest BCUT2D eigenvalue weighted by molar-refractivity contribution is 5.92. The van der Waals surface area contributed by atoms with Gasteiger partial charge in [-0.3, -0.25) is 9.78 Å². The molecule has 7 nitrogen and oxygen atoms in total. The van der Waals surface area contributed by atoms with E-state index in [0.717, 1.165) is 28.1 Å². The molecule has 0 spiro atoms. The Bertz CT molecular complexity index is 1350. The van der Waals surface area contributed by atoms with Crippen molar-refractivity contribution in [3.8, 4) is 28.1 Å². The summed E-state index contributed by atoms with van der Waals surface area (Å²) in [5, 5.41) is 11.5. The van der Waals surface area contributed by atoms with Crippen molar-refractivity contribution in [3.63, 3.8) is 0 Å². The van der Waals surface area contributed by atoms with Gasteiger partial charge in [0.15, 0.2) is 0 Å². The fourth-order valence-corrected chi connectivity index (χ4v) is 3.59. The van der Waals surface area contributed by atoms with E-state index < -0.39 is 0 Å². The van der Waals surface area contributed by atoms with Crippen LogP contribution in [-0.4, -0.2) is 30.9 Å². The van der Waals surface area contributed by atoms with Crippen LogP contribution in [0.1, 0.15) is 5.69 Å². The molecule has 0 aliphatic heterocycles. The minimum atomic E-state index is -0.214. The molecule has 5 rings (SSSR count). The molecule has 0 unspecified atom stereocenters. The molecule has 3 aromatic heterocycles. The molecule has 0 fully saturated rings. The maximum atomic E-state index is 12.8.